The molecule has 0 bridgehead atoms. The van der Waals surface area contributed by atoms with Gasteiger partial charge in [0.15, 0.2) is 0 Å². The molecule has 0 spiro atoms. The SMILES string of the molecule is O=S(=O)(O)O.O=S(=O)(O)O.O=S(=O)(O)O.O=S(=O)(O)O.O=S(=O)(O)O.O=S(=O)(O)O.O=S(=O)(O)O.O=S(=O)(O)O.O=S(=O)(O)O.[H-].[H-].[H-].[H-].[H-].[H-].[H-].[H-].[Mg+2].[Mg+2].[Mg+2].[Mg+2]. The topological polar surface area (TPSA) is 671 Å². The summed E-state index contributed by atoms with van der Waals surface area (Å²) in [6.45, 7) is 0. The second kappa shape index (κ2) is 38.2. The second-order valence-electron chi connectivity index (χ2n) is 4.03. The molecule has 0 aromatic carbocycles. The fourth-order valence-corrected chi connectivity index (χ4v) is 0. The van der Waals surface area contributed by atoms with Gasteiger partial charge in [-0.05, 0) is 0 Å². The molecule has 0 amide bonds. The van der Waals surface area contributed by atoms with Gasteiger partial charge in [-0.1, -0.05) is 0 Å². The van der Waals surface area contributed by atoms with Gasteiger partial charge in [-0.15, -0.1) is 0 Å². The predicted molar refractivity (Wildman–Crippen MR) is 160 cm³/mol. The van der Waals surface area contributed by atoms with Gasteiger partial charge in [0.05, 0.1) is 0 Å². The van der Waals surface area contributed by atoms with Gasteiger partial charge in [-0.2, -0.15) is 75.8 Å². The standard InChI is InChI=1S/4Mg.9H2O4S.8H/c;;;;9*1-5(2,3)4;;;;;;;;/h;;;;9*(H2,1,2,3,4);;;;;;;;/q4*+2;;;;;;;;;;8*-1. The van der Waals surface area contributed by atoms with Crippen LogP contribution in [0.3, 0.4) is 0 Å². The molecule has 0 fully saturated rings. The first-order valence-electron chi connectivity index (χ1n) is 6.29. The maximum atomic E-state index is 8.74. The van der Waals surface area contributed by atoms with Crippen LogP contribution in [0.5, 0.6) is 0 Å². The van der Waals surface area contributed by atoms with Crippen LogP contribution < -0.4 is 0 Å². The molecule has 18 N–H and O–H groups in total. The minimum atomic E-state index is -4.67. The molecule has 0 saturated carbocycles. The minimum Gasteiger partial charge on any atom is -1.00 e. The van der Waals surface area contributed by atoms with E-state index >= 15 is 0 Å². The molecule has 0 aromatic rings. The first-order valence-corrected chi connectivity index (χ1v) is 18.9. The van der Waals surface area contributed by atoms with Gasteiger partial charge in [0, 0.05) is 0 Å². The molecule has 49 heavy (non-hydrogen) atoms. The Labute approximate surface area is 351 Å². The zero-order chi connectivity index (χ0) is 40.5. The van der Waals surface area contributed by atoms with Crippen LogP contribution in [-0.2, 0) is 93.6 Å². The monoisotopic (exact) mass is 986 g/mol. The first-order chi connectivity index (χ1) is 18.0. The van der Waals surface area contributed by atoms with E-state index in [9.17, 15) is 0 Å². The van der Waals surface area contributed by atoms with Crippen LogP contribution in [0.25, 0.3) is 0 Å². The first kappa shape index (κ1) is 88.2. The third kappa shape index (κ3) is 31900. The Balaban J connectivity index is -0.0000000131. The molecule has 304 valence electrons. The molecule has 0 aromatic heterocycles. The molecular formula is H26Mg4O36S9. The summed E-state index contributed by atoms with van der Waals surface area (Å²) in [7, 11) is -42.0. The van der Waals surface area contributed by atoms with Crippen LogP contribution in [0.1, 0.15) is 11.4 Å². The average molecular weight is 988 g/mol. The predicted octanol–water partition coefficient (Wildman–Crippen LogP) is -6.50. The van der Waals surface area contributed by atoms with Crippen LogP contribution in [0.4, 0.5) is 0 Å². The van der Waals surface area contributed by atoms with Crippen molar-refractivity contribution in [2.75, 3.05) is 0 Å². The zero-order valence-corrected chi connectivity index (χ0v) is 34.9. The van der Waals surface area contributed by atoms with Crippen molar-refractivity contribution in [3.05, 3.63) is 0 Å². The third-order valence-electron chi connectivity index (χ3n) is 0. The van der Waals surface area contributed by atoms with E-state index in [1.165, 1.54) is 0 Å². The maximum absolute atomic E-state index is 8.74. The third-order valence-corrected chi connectivity index (χ3v) is 0. The Bertz CT molecular complexity index is 1260. The summed E-state index contributed by atoms with van der Waals surface area (Å²) in [4.78, 5) is 0. The summed E-state index contributed by atoms with van der Waals surface area (Å²) in [5.74, 6) is 0. The summed E-state index contributed by atoms with van der Waals surface area (Å²) in [6.07, 6.45) is 0. The van der Waals surface area contributed by atoms with E-state index in [-0.39, 0.29) is 104 Å². The molecule has 36 nitrogen and oxygen atoms in total. The van der Waals surface area contributed by atoms with E-state index in [0.29, 0.717) is 0 Å². The smallest absolute Gasteiger partial charge is 1.00 e. The molecule has 0 aliphatic rings. The van der Waals surface area contributed by atoms with Crippen LogP contribution in [-0.4, -0.2) is 250 Å². The van der Waals surface area contributed by atoms with Gasteiger partial charge in [0.2, 0.25) is 0 Å². The van der Waals surface area contributed by atoms with E-state index in [0.717, 1.165) is 0 Å². The van der Waals surface area contributed by atoms with Gasteiger partial charge >= 0.3 is 186 Å². The molecule has 0 unspecified atom stereocenters. The molecule has 0 heterocycles. The Morgan fingerprint density at radius 3 is 0.163 bits per heavy atom. The largest absolute Gasteiger partial charge is 2.00 e. The fourth-order valence-electron chi connectivity index (χ4n) is 0. The van der Waals surface area contributed by atoms with Crippen molar-refractivity contribution in [2.24, 2.45) is 0 Å². The molecule has 49 heteroatoms. The second-order valence-corrected chi connectivity index (χ2v) is 12.1. The minimum absolute atomic E-state index is 0. The Morgan fingerprint density at radius 2 is 0.163 bits per heavy atom. The molecule has 0 aliphatic carbocycles. The van der Waals surface area contributed by atoms with Crippen LogP contribution >= 0.6 is 0 Å². The zero-order valence-electron chi connectivity index (χ0n) is 29.9. The van der Waals surface area contributed by atoms with E-state index in [1.807, 2.05) is 0 Å². The van der Waals surface area contributed by atoms with Gasteiger partial charge in [0.25, 0.3) is 0 Å². The van der Waals surface area contributed by atoms with Crippen LogP contribution in [0, 0.1) is 0 Å². The number of hydrogen-bond donors (Lipinski definition) is 18. The maximum Gasteiger partial charge on any atom is 2.00 e. The van der Waals surface area contributed by atoms with Crippen molar-refractivity contribution in [1.82, 2.24) is 0 Å². The van der Waals surface area contributed by atoms with Crippen molar-refractivity contribution < 1.29 is 169 Å². The van der Waals surface area contributed by atoms with E-state index < -0.39 is 93.6 Å². The number of rotatable bonds is 0. The molecular weight excluding hydrogens is 962 g/mol. The average Bonchev–Trinajstić information content (AvgIpc) is 2.26. The van der Waals surface area contributed by atoms with Gasteiger partial charge in [0.1, 0.15) is 0 Å². The fraction of sp³-hybridized carbons (Fsp3) is 0. The summed E-state index contributed by atoms with van der Waals surface area (Å²) < 4.78 is 284. The molecule has 0 rings (SSSR count). The summed E-state index contributed by atoms with van der Waals surface area (Å²) in [5, 5.41) is 0. The van der Waals surface area contributed by atoms with E-state index in [2.05, 4.69) is 0 Å². The van der Waals surface area contributed by atoms with E-state index in [1.54, 1.807) is 0 Å². The van der Waals surface area contributed by atoms with Gasteiger partial charge in [-0.3, -0.25) is 81.9 Å². The van der Waals surface area contributed by atoms with Gasteiger partial charge < -0.3 is 11.4 Å². The quantitative estimate of drug-likeness (QED) is 0.0792. The van der Waals surface area contributed by atoms with Crippen molar-refractivity contribution in [3.63, 3.8) is 0 Å². The van der Waals surface area contributed by atoms with Crippen LogP contribution in [0.2, 0.25) is 0 Å². The Morgan fingerprint density at radius 1 is 0.163 bits per heavy atom. The Kier molecular flexibility index (Phi) is 68.7. The molecule has 0 radical (unpaired) electrons. The number of hydrogen-bond acceptors (Lipinski definition) is 18. The van der Waals surface area contributed by atoms with Crippen molar-refractivity contribution in [2.45, 2.75) is 0 Å². The molecule has 0 aliphatic heterocycles. The summed E-state index contributed by atoms with van der Waals surface area (Å²) in [6, 6.07) is 0. The van der Waals surface area contributed by atoms with Crippen molar-refractivity contribution in [3.8, 4) is 0 Å². The van der Waals surface area contributed by atoms with Gasteiger partial charge in [-0.25, -0.2) is 0 Å². The van der Waals surface area contributed by atoms with Crippen molar-refractivity contribution >= 4 is 186 Å². The summed E-state index contributed by atoms with van der Waals surface area (Å²) in [5.41, 5.74) is 0. The van der Waals surface area contributed by atoms with E-state index in [4.69, 9.17) is 158 Å². The molecule has 0 saturated heterocycles. The normalized spacial score (nSPS) is 10.7. The summed E-state index contributed by atoms with van der Waals surface area (Å²) >= 11 is 0. The Hall–Kier alpha value is 1.89. The van der Waals surface area contributed by atoms with Crippen molar-refractivity contribution in [1.29, 1.82) is 0 Å². The molecule has 0 atom stereocenters. The van der Waals surface area contributed by atoms with Crippen LogP contribution in [0.15, 0.2) is 0 Å².